The van der Waals surface area contributed by atoms with Crippen LogP contribution in [0.1, 0.15) is 18.1 Å². The zero-order valence-electron chi connectivity index (χ0n) is 8.98. The first-order valence-electron chi connectivity index (χ1n) is 4.88. The SMILES string of the molecule is COc1cccc2c1CC(C)=C2C(F)(F)F. The topological polar surface area (TPSA) is 9.23 Å². The predicted octanol–water partition coefficient (Wildman–Crippen LogP) is 3.59. The van der Waals surface area contributed by atoms with Crippen LogP contribution in [0.3, 0.4) is 0 Å². The summed E-state index contributed by atoms with van der Waals surface area (Å²) in [5, 5.41) is 0. The van der Waals surface area contributed by atoms with Crippen LogP contribution >= 0.6 is 0 Å². The maximum Gasteiger partial charge on any atom is 0.416 e. The first-order valence-corrected chi connectivity index (χ1v) is 4.88. The molecule has 0 atom stereocenters. The standard InChI is InChI=1S/C12H11F3O/c1-7-6-9-8(11(7)12(13,14)15)4-3-5-10(9)16-2/h3-5H,6H2,1-2H3. The molecule has 0 radical (unpaired) electrons. The molecule has 1 aliphatic rings. The lowest BCUT2D eigenvalue weighted by atomic mass is 10.0. The lowest BCUT2D eigenvalue weighted by Gasteiger charge is -2.12. The van der Waals surface area contributed by atoms with E-state index in [1.807, 2.05) is 0 Å². The molecule has 0 aromatic heterocycles. The zero-order chi connectivity index (χ0) is 11.9. The van der Waals surface area contributed by atoms with Gasteiger partial charge in [-0.3, -0.25) is 0 Å². The molecule has 2 rings (SSSR count). The molecule has 0 heterocycles. The quantitative estimate of drug-likeness (QED) is 0.713. The summed E-state index contributed by atoms with van der Waals surface area (Å²) in [5.41, 5.74) is 0.729. The third kappa shape index (κ3) is 1.58. The van der Waals surface area contributed by atoms with E-state index in [4.69, 9.17) is 4.74 Å². The number of hydrogen-bond donors (Lipinski definition) is 0. The van der Waals surface area contributed by atoms with Crippen LogP contribution in [0.2, 0.25) is 0 Å². The van der Waals surface area contributed by atoms with Gasteiger partial charge in [0.1, 0.15) is 5.75 Å². The Hall–Kier alpha value is -1.45. The van der Waals surface area contributed by atoms with Crippen molar-refractivity contribution in [3.05, 3.63) is 34.9 Å². The third-order valence-electron chi connectivity index (χ3n) is 2.77. The average molecular weight is 228 g/mol. The van der Waals surface area contributed by atoms with Gasteiger partial charge in [-0.1, -0.05) is 17.7 Å². The molecule has 0 fully saturated rings. The van der Waals surface area contributed by atoms with E-state index >= 15 is 0 Å². The molecule has 86 valence electrons. The van der Waals surface area contributed by atoms with Gasteiger partial charge in [-0.2, -0.15) is 13.2 Å². The van der Waals surface area contributed by atoms with Crippen LogP contribution in [0.5, 0.6) is 5.75 Å². The van der Waals surface area contributed by atoms with Gasteiger partial charge in [0.15, 0.2) is 0 Å². The van der Waals surface area contributed by atoms with Crippen LogP contribution in [0.4, 0.5) is 13.2 Å². The Morgan fingerprint density at radius 3 is 2.50 bits per heavy atom. The molecule has 0 N–H and O–H groups in total. The monoisotopic (exact) mass is 228 g/mol. The first kappa shape index (κ1) is 11.0. The lowest BCUT2D eigenvalue weighted by molar-refractivity contribution is -0.0691. The molecule has 1 aliphatic carbocycles. The highest BCUT2D eigenvalue weighted by Crippen LogP contribution is 2.45. The van der Waals surface area contributed by atoms with Gasteiger partial charge in [0.2, 0.25) is 0 Å². The van der Waals surface area contributed by atoms with Crippen molar-refractivity contribution in [2.75, 3.05) is 7.11 Å². The number of ether oxygens (including phenoxy) is 1. The predicted molar refractivity (Wildman–Crippen MR) is 55.3 cm³/mol. The molecule has 0 spiro atoms. The van der Waals surface area contributed by atoms with E-state index in [1.165, 1.54) is 20.1 Å². The van der Waals surface area contributed by atoms with E-state index < -0.39 is 11.7 Å². The van der Waals surface area contributed by atoms with Crippen molar-refractivity contribution in [3.8, 4) is 5.75 Å². The third-order valence-corrected chi connectivity index (χ3v) is 2.77. The number of benzene rings is 1. The van der Waals surface area contributed by atoms with Crippen molar-refractivity contribution in [1.29, 1.82) is 0 Å². The van der Waals surface area contributed by atoms with Crippen molar-refractivity contribution in [1.82, 2.24) is 0 Å². The van der Waals surface area contributed by atoms with Crippen LogP contribution < -0.4 is 4.74 Å². The largest absolute Gasteiger partial charge is 0.496 e. The molecule has 0 unspecified atom stereocenters. The number of halogens is 3. The van der Waals surface area contributed by atoms with Crippen molar-refractivity contribution >= 4 is 5.57 Å². The van der Waals surface area contributed by atoms with E-state index in [2.05, 4.69) is 0 Å². The molecular formula is C12H11F3O. The van der Waals surface area contributed by atoms with E-state index in [9.17, 15) is 13.2 Å². The highest BCUT2D eigenvalue weighted by Gasteiger charge is 2.40. The number of alkyl halides is 3. The molecule has 0 amide bonds. The molecule has 1 aromatic rings. The van der Waals surface area contributed by atoms with Gasteiger partial charge in [-0.15, -0.1) is 0 Å². The van der Waals surface area contributed by atoms with Gasteiger partial charge >= 0.3 is 6.18 Å². The van der Waals surface area contributed by atoms with E-state index in [-0.39, 0.29) is 5.56 Å². The molecule has 0 bridgehead atoms. The van der Waals surface area contributed by atoms with Gasteiger partial charge in [0, 0.05) is 5.56 Å². The number of hydrogen-bond acceptors (Lipinski definition) is 1. The molecule has 0 saturated carbocycles. The molecule has 1 aromatic carbocycles. The highest BCUT2D eigenvalue weighted by molar-refractivity contribution is 5.80. The summed E-state index contributed by atoms with van der Waals surface area (Å²) in [6.07, 6.45) is -3.98. The molecule has 0 saturated heterocycles. The summed E-state index contributed by atoms with van der Waals surface area (Å²) in [5.74, 6) is 0.524. The van der Waals surface area contributed by atoms with Gasteiger partial charge < -0.3 is 4.74 Å². The second kappa shape index (κ2) is 3.54. The van der Waals surface area contributed by atoms with Crippen LogP contribution in [-0.2, 0) is 6.42 Å². The minimum Gasteiger partial charge on any atom is -0.496 e. The van der Waals surface area contributed by atoms with Crippen molar-refractivity contribution in [2.24, 2.45) is 0 Å². The maximum absolute atomic E-state index is 12.8. The summed E-state index contributed by atoms with van der Waals surface area (Å²) >= 11 is 0. The number of fused-ring (bicyclic) bond motifs is 1. The van der Waals surface area contributed by atoms with E-state index in [0.717, 1.165) is 0 Å². The number of rotatable bonds is 1. The fourth-order valence-electron chi connectivity index (χ4n) is 2.15. The number of methoxy groups -OCH3 is 1. The van der Waals surface area contributed by atoms with Crippen molar-refractivity contribution in [3.63, 3.8) is 0 Å². The maximum atomic E-state index is 12.8. The summed E-state index contributed by atoms with van der Waals surface area (Å²) in [6.45, 7) is 1.52. The van der Waals surface area contributed by atoms with Gasteiger partial charge in [-0.25, -0.2) is 0 Å². The summed E-state index contributed by atoms with van der Waals surface area (Å²) < 4.78 is 43.6. The van der Waals surface area contributed by atoms with E-state index in [0.29, 0.717) is 23.3 Å². The van der Waals surface area contributed by atoms with Crippen molar-refractivity contribution in [2.45, 2.75) is 19.5 Å². The average Bonchev–Trinajstić information content (AvgIpc) is 2.52. The molecular weight excluding hydrogens is 217 g/mol. The van der Waals surface area contributed by atoms with Crippen LogP contribution in [0.15, 0.2) is 23.8 Å². The Morgan fingerprint density at radius 1 is 1.25 bits per heavy atom. The van der Waals surface area contributed by atoms with Gasteiger partial charge in [0.05, 0.1) is 12.7 Å². The van der Waals surface area contributed by atoms with Gasteiger partial charge in [-0.05, 0) is 25.0 Å². The fraction of sp³-hybridized carbons (Fsp3) is 0.333. The second-order valence-electron chi connectivity index (χ2n) is 3.82. The van der Waals surface area contributed by atoms with E-state index in [1.54, 1.807) is 12.1 Å². The minimum atomic E-state index is -4.29. The Labute approximate surface area is 91.5 Å². The molecule has 16 heavy (non-hydrogen) atoms. The smallest absolute Gasteiger partial charge is 0.416 e. The Balaban J connectivity index is 2.59. The van der Waals surface area contributed by atoms with Crippen molar-refractivity contribution < 1.29 is 17.9 Å². The highest BCUT2D eigenvalue weighted by atomic mass is 19.4. The summed E-state index contributed by atoms with van der Waals surface area (Å²) in [7, 11) is 1.47. The lowest BCUT2D eigenvalue weighted by Crippen LogP contribution is -2.10. The molecule has 0 aliphatic heterocycles. The van der Waals surface area contributed by atoms with Gasteiger partial charge in [0.25, 0.3) is 0 Å². The Morgan fingerprint density at radius 2 is 1.94 bits per heavy atom. The second-order valence-corrected chi connectivity index (χ2v) is 3.82. The van der Waals surface area contributed by atoms with Crippen LogP contribution in [-0.4, -0.2) is 13.3 Å². The summed E-state index contributed by atoms with van der Waals surface area (Å²) in [6, 6.07) is 4.77. The van der Waals surface area contributed by atoms with Crippen LogP contribution in [0.25, 0.3) is 5.57 Å². The first-order chi connectivity index (χ1) is 7.45. The number of allylic oxidation sites excluding steroid dienone is 2. The Bertz CT molecular complexity index is 458. The molecule has 4 heteroatoms. The van der Waals surface area contributed by atoms with Crippen LogP contribution in [0, 0.1) is 0 Å². The molecule has 1 nitrogen and oxygen atoms in total. The normalized spacial score (nSPS) is 15.3. The minimum absolute atomic E-state index is 0.254. The summed E-state index contributed by atoms with van der Waals surface area (Å²) in [4.78, 5) is 0. The fourth-order valence-corrected chi connectivity index (χ4v) is 2.15. The Kier molecular flexibility index (Phi) is 2.45. The zero-order valence-corrected chi connectivity index (χ0v) is 8.98.